The summed E-state index contributed by atoms with van der Waals surface area (Å²) in [4.78, 5) is 15.2. The van der Waals surface area contributed by atoms with Gasteiger partial charge in [0, 0.05) is 34.2 Å². The lowest BCUT2D eigenvalue weighted by atomic mass is 9.92. The predicted molar refractivity (Wildman–Crippen MR) is 124 cm³/mol. The molecule has 168 valence electrons. The minimum absolute atomic E-state index is 0.0364. The van der Waals surface area contributed by atoms with Gasteiger partial charge in [0.1, 0.15) is 11.9 Å². The van der Waals surface area contributed by atoms with Gasteiger partial charge in [-0.1, -0.05) is 29.3 Å². The number of aromatic amines is 1. The number of aromatic nitrogens is 2. The van der Waals surface area contributed by atoms with Gasteiger partial charge in [-0.3, -0.25) is 9.89 Å². The van der Waals surface area contributed by atoms with Crippen molar-refractivity contribution in [3.05, 3.63) is 74.8 Å². The van der Waals surface area contributed by atoms with E-state index in [1.807, 2.05) is 17.2 Å². The van der Waals surface area contributed by atoms with Gasteiger partial charge >= 0.3 is 0 Å². The fraction of sp³-hybridized carbons (Fsp3) is 0.320. The molecule has 2 heterocycles. The normalized spacial score (nSPS) is 20.1. The van der Waals surface area contributed by atoms with Crippen molar-refractivity contribution >= 4 is 29.1 Å². The number of amides is 1. The van der Waals surface area contributed by atoms with Crippen LogP contribution in [0, 0.1) is 23.1 Å². The van der Waals surface area contributed by atoms with Crippen molar-refractivity contribution in [3.63, 3.8) is 0 Å². The SMILES string of the molecule is N#Cc1cc(-c2cc(Cl)c(C[C@@H]3CCN([C@H]4CCc5[nH]ncc5C4)C3=O)c(Cl)c2)ccc1F. The second-order valence-corrected chi connectivity index (χ2v) is 9.53. The predicted octanol–water partition coefficient (Wildman–Crippen LogP) is 5.34. The highest BCUT2D eigenvalue weighted by Crippen LogP contribution is 2.36. The molecule has 5 nitrogen and oxygen atoms in total. The highest BCUT2D eigenvalue weighted by Gasteiger charge is 2.37. The van der Waals surface area contributed by atoms with E-state index in [-0.39, 0.29) is 23.4 Å². The molecule has 2 atom stereocenters. The van der Waals surface area contributed by atoms with Crippen LogP contribution >= 0.6 is 23.2 Å². The first-order valence-electron chi connectivity index (χ1n) is 10.9. The zero-order chi connectivity index (χ0) is 23.1. The zero-order valence-corrected chi connectivity index (χ0v) is 19.3. The number of likely N-dealkylation sites (tertiary alicyclic amines) is 1. The van der Waals surface area contributed by atoms with E-state index < -0.39 is 5.82 Å². The Morgan fingerprint density at radius 3 is 2.73 bits per heavy atom. The molecule has 2 aromatic carbocycles. The number of nitrogens with one attached hydrogen (secondary N) is 1. The van der Waals surface area contributed by atoms with E-state index in [2.05, 4.69) is 10.2 Å². The molecular formula is C25H21Cl2FN4O. The molecule has 1 fully saturated rings. The molecule has 5 rings (SSSR count). The van der Waals surface area contributed by atoms with Crippen LogP contribution in [0.2, 0.25) is 10.0 Å². The van der Waals surface area contributed by atoms with Crippen molar-refractivity contribution < 1.29 is 9.18 Å². The Labute approximate surface area is 201 Å². The zero-order valence-electron chi connectivity index (χ0n) is 17.7. The number of H-pyrrole nitrogens is 1. The van der Waals surface area contributed by atoms with E-state index in [1.165, 1.54) is 23.4 Å². The first kappa shape index (κ1) is 21.9. The average Bonchev–Trinajstić information content (AvgIpc) is 3.42. The van der Waals surface area contributed by atoms with E-state index >= 15 is 0 Å². The molecule has 0 unspecified atom stereocenters. The van der Waals surface area contributed by atoms with Gasteiger partial charge in [-0.05, 0) is 78.6 Å². The second kappa shape index (κ2) is 8.81. The number of hydrogen-bond acceptors (Lipinski definition) is 3. The maximum atomic E-state index is 13.7. The number of nitriles is 1. The van der Waals surface area contributed by atoms with E-state index in [9.17, 15) is 9.18 Å². The molecule has 1 amide bonds. The molecular weight excluding hydrogens is 462 g/mol. The number of carbonyl (C=O) groups is 1. The van der Waals surface area contributed by atoms with Gasteiger partial charge in [0.15, 0.2) is 0 Å². The van der Waals surface area contributed by atoms with Crippen LogP contribution in [0.5, 0.6) is 0 Å². The van der Waals surface area contributed by atoms with Gasteiger partial charge in [0.05, 0.1) is 11.8 Å². The molecule has 8 heteroatoms. The van der Waals surface area contributed by atoms with Crippen molar-refractivity contribution in [1.29, 1.82) is 5.26 Å². The van der Waals surface area contributed by atoms with E-state index in [0.29, 0.717) is 27.6 Å². The Kier molecular flexibility index (Phi) is 5.86. The molecule has 1 saturated heterocycles. The molecule has 1 aromatic heterocycles. The highest BCUT2D eigenvalue weighted by molar-refractivity contribution is 6.36. The van der Waals surface area contributed by atoms with Crippen molar-refractivity contribution in [2.75, 3.05) is 6.54 Å². The molecule has 33 heavy (non-hydrogen) atoms. The molecule has 0 radical (unpaired) electrons. The van der Waals surface area contributed by atoms with Gasteiger partial charge in [0.25, 0.3) is 0 Å². The summed E-state index contributed by atoms with van der Waals surface area (Å²) in [5.41, 5.74) is 4.43. The van der Waals surface area contributed by atoms with Crippen LogP contribution in [0.4, 0.5) is 4.39 Å². The summed E-state index contributed by atoms with van der Waals surface area (Å²) in [6.45, 7) is 0.737. The summed E-state index contributed by atoms with van der Waals surface area (Å²) in [7, 11) is 0. The number of hydrogen-bond donors (Lipinski definition) is 1. The Bertz CT molecular complexity index is 1260. The minimum atomic E-state index is -0.568. The Morgan fingerprint density at radius 2 is 1.97 bits per heavy atom. The molecule has 0 spiro atoms. The van der Waals surface area contributed by atoms with Crippen molar-refractivity contribution in [3.8, 4) is 17.2 Å². The monoisotopic (exact) mass is 482 g/mol. The summed E-state index contributed by atoms with van der Waals surface area (Å²) >= 11 is 13.2. The van der Waals surface area contributed by atoms with E-state index in [1.54, 1.807) is 18.2 Å². The summed E-state index contributed by atoms with van der Waals surface area (Å²) in [5, 5.41) is 17.2. The number of aryl methyl sites for hydroxylation is 1. The molecule has 3 aromatic rings. The fourth-order valence-corrected chi connectivity index (χ4v) is 5.62. The summed E-state index contributed by atoms with van der Waals surface area (Å²) in [5.74, 6) is -0.575. The van der Waals surface area contributed by atoms with Crippen LogP contribution in [-0.2, 0) is 24.1 Å². The molecule has 1 aliphatic carbocycles. The third-order valence-electron chi connectivity index (χ3n) is 6.79. The van der Waals surface area contributed by atoms with E-state index in [4.69, 9.17) is 28.5 Å². The number of nitrogens with zero attached hydrogens (tertiary/aromatic N) is 3. The topological polar surface area (TPSA) is 72.8 Å². The molecule has 0 bridgehead atoms. The molecule has 0 saturated carbocycles. The highest BCUT2D eigenvalue weighted by atomic mass is 35.5. The molecule has 2 aliphatic rings. The van der Waals surface area contributed by atoms with Crippen molar-refractivity contribution in [1.82, 2.24) is 15.1 Å². The summed E-state index contributed by atoms with van der Waals surface area (Å²) < 4.78 is 13.7. The lowest BCUT2D eigenvalue weighted by molar-refractivity contribution is -0.133. The Morgan fingerprint density at radius 1 is 1.18 bits per heavy atom. The largest absolute Gasteiger partial charge is 0.339 e. The number of rotatable bonds is 4. The van der Waals surface area contributed by atoms with Crippen LogP contribution in [0.15, 0.2) is 36.5 Å². The maximum absolute atomic E-state index is 13.7. The van der Waals surface area contributed by atoms with Crippen LogP contribution < -0.4 is 0 Å². The number of fused-ring (bicyclic) bond motifs is 1. The van der Waals surface area contributed by atoms with Crippen LogP contribution in [0.25, 0.3) is 11.1 Å². The molecule has 1 N–H and O–H groups in total. The van der Waals surface area contributed by atoms with E-state index in [0.717, 1.165) is 37.8 Å². The Hall–Kier alpha value is -2.88. The number of halogens is 3. The van der Waals surface area contributed by atoms with Crippen molar-refractivity contribution in [2.45, 2.75) is 38.1 Å². The summed E-state index contributed by atoms with van der Waals surface area (Å²) in [6.07, 6.45) is 5.79. The van der Waals surface area contributed by atoms with Gasteiger partial charge in [-0.15, -0.1) is 0 Å². The summed E-state index contributed by atoms with van der Waals surface area (Å²) in [6, 6.07) is 9.89. The minimum Gasteiger partial charge on any atom is -0.339 e. The standard InChI is InChI=1S/C25H21Cl2FN4O/c26-21-10-16(14-1-3-23(28)17(7-14)12-29)11-22(27)20(21)9-15-5-6-32(25(15)33)19-2-4-24-18(8-19)13-30-31-24/h1,3,7,10-11,13,15,19H,2,4-6,8-9H2,(H,30,31)/t15-,19-/m0/s1. The van der Waals surface area contributed by atoms with Gasteiger partial charge in [0.2, 0.25) is 5.91 Å². The second-order valence-electron chi connectivity index (χ2n) is 8.72. The first-order chi connectivity index (χ1) is 15.9. The Balaban J connectivity index is 1.33. The maximum Gasteiger partial charge on any atom is 0.226 e. The quantitative estimate of drug-likeness (QED) is 0.545. The van der Waals surface area contributed by atoms with Crippen LogP contribution in [0.3, 0.4) is 0 Å². The van der Waals surface area contributed by atoms with Crippen LogP contribution in [-0.4, -0.2) is 33.6 Å². The third-order valence-corrected chi connectivity index (χ3v) is 7.47. The lowest BCUT2D eigenvalue weighted by Crippen LogP contribution is -2.41. The number of benzene rings is 2. The van der Waals surface area contributed by atoms with Gasteiger partial charge in [-0.2, -0.15) is 10.4 Å². The lowest BCUT2D eigenvalue weighted by Gasteiger charge is -2.31. The van der Waals surface area contributed by atoms with Crippen molar-refractivity contribution in [2.24, 2.45) is 5.92 Å². The first-order valence-corrected chi connectivity index (χ1v) is 11.7. The molecule has 1 aliphatic heterocycles. The third kappa shape index (κ3) is 4.12. The van der Waals surface area contributed by atoms with Gasteiger partial charge < -0.3 is 4.90 Å². The smallest absolute Gasteiger partial charge is 0.226 e. The van der Waals surface area contributed by atoms with Gasteiger partial charge in [-0.25, -0.2) is 4.39 Å². The fourth-order valence-electron chi connectivity index (χ4n) is 4.98. The average molecular weight is 483 g/mol. The van der Waals surface area contributed by atoms with Crippen LogP contribution in [0.1, 0.15) is 35.2 Å². The number of carbonyl (C=O) groups excluding carboxylic acids is 1.